The number of carbonyl (C=O) groups is 2. The molecule has 1 aliphatic carbocycles. The van der Waals surface area contributed by atoms with Crippen molar-refractivity contribution in [1.29, 1.82) is 0 Å². The van der Waals surface area contributed by atoms with E-state index in [-0.39, 0.29) is 23.9 Å². The Balaban J connectivity index is 1.92. The highest BCUT2D eigenvalue weighted by atomic mass is 16.2. The lowest BCUT2D eigenvalue weighted by atomic mass is 9.90. The molecule has 1 aromatic carbocycles. The SMILES string of the molecule is N[C@H]1CCC[C@H](N2C(=O)c3ccccc3C2=O)C1. The number of benzene rings is 1. The molecule has 0 saturated heterocycles. The van der Waals surface area contributed by atoms with Crippen molar-refractivity contribution < 1.29 is 9.59 Å². The van der Waals surface area contributed by atoms with Crippen molar-refractivity contribution in [2.45, 2.75) is 37.8 Å². The van der Waals surface area contributed by atoms with E-state index in [1.165, 1.54) is 4.90 Å². The lowest BCUT2D eigenvalue weighted by molar-refractivity contribution is 0.0541. The average Bonchev–Trinajstić information content (AvgIpc) is 2.63. The van der Waals surface area contributed by atoms with Gasteiger partial charge in [0.1, 0.15) is 0 Å². The first-order chi connectivity index (χ1) is 8.68. The molecule has 2 atom stereocenters. The van der Waals surface area contributed by atoms with Crippen LogP contribution in [-0.4, -0.2) is 28.8 Å². The van der Waals surface area contributed by atoms with Crippen LogP contribution in [0.2, 0.25) is 0 Å². The van der Waals surface area contributed by atoms with E-state index in [0.717, 1.165) is 25.7 Å². The molecule has 0 bridgehead atoms. The summed E-state index contributed by atoms with van der Waals surface area (Å²) in [7, 11) is 0. The van der Waals surface area contributed by atoms with Gasteiger partial charge in [0.2, 0.25) is 0 Å². The fourth-order valence-electron chi connectivity index (χ4n) is 2.97. The number of fused-ring (bicyclic) bond motifs is 1. The fourth-order valence-corrected chi connectivity index (χ4v) is 2.97. The van der Waals surface area contributed by atoms with Crippen LogP contribution in [-0.2, 0) is 0 Å². The summed E-state index contributed by atoms with van der Waals surface area (Å²) in [6, 6.07) is 7.10. The lowest BCUT2D eigenvalue weighted by Gasteiger charge is -2.32. The number of hydrogen-bond acceptors (Lipinski definition) is 3. The van der Waals surface area contributed by atoms with Gasteiger partial charge in [-0.05, 0) is 37.8 Å². The minimum atomic E-state index is -0.158. The van der Waals surface area contributed by atoms with E-state index < -0.39 is 0 Å². The number of nitrogens with zero attached hydrogens (tertiary/aromatic N) is 1. The van der Waals surface area contributed by atoms with Crippen LogP contribution in [0.25, 0.3) is 0 Å². The molecule has 2 N–H and O–H groups in total. The van der Waals surface area contributed by atoms with Crippen LogP contribution < -0.4 is 5.73 Å². The molecule has 18 heavy (non-hydrogen) atoms. The van der Waals surface area contributed by atoms with Crippen LogP contribution in [0.4, 0.5) is 0 Å². The van der Waals surface area contributed by atoms with E-state index >= 15 is 0 Å². The van der Waals surface area contributed by atoms with Crippen molar-refractivity contribution in [2.24, 2.45) is 5.73 Å². The van der Waals surface area contributed by atoms with Crippen molar-refractivity contribution in [1.82, 2.24) is 4.90 Å². The van der Waals surface area contributed by atoms with Crippen molar-refractivity contribution >= 4 is 11.8 Å². The smallest absolute Gasteiger partial charge is 0.261 e. The third-order valence-corrected chi connectivity index (χ3v) is 3.88. The highest BCUT2D eigenvalue weighted by molar-refractivity contribution is 6.21. The summed E-state index contributed by atoms with van der Waals surface area (Å²) in [4.78, 5) is 26.0. The molecule has 4 nitrogen and oxygen atoms in total. The topological polar surface area (TPSA) is 63.4 Å². The Hall–Kier alpha value is -1.68. The van der Waals surface area contributed by atoms with Crippen LogP contribution in [0.3, 0.4) is 0 Å². The summed E-state index contributed by atoms with van der Waals surface area (Å²) in [6.07, 6.45) is 3.57. The molecule has 1 saturated carbocycles. The molecule has 0 spiro atoms. The van der Waals surface area contributed by atoms with Gasteiger partial charge in [-0.15, -0.1) is 0 Å². The molecular weight excluding hydrogens is 228 g/mol. The summed E-state index contributed by atoms with van der Waals surface area (Å²) < 4.78 is 0. The van der Waals surface area contributed by atoms with Crippen LogP contribution in [0.5, 0.6) is 0 Å². The Bertz CT molecular complexity index is 477. The van der Waals surface area contributed by atoms with Crippen molar-refractivity contribution in [3.05, 3.63) is 35.4 Å². The molecular formula is C14H16N2O2. The highest BCUT2D eigenvalue weighted by Crippen LogP contribution is 2.30. The van der Waals surface area contributed by atoms with Crippen molar-refractivity contribution in [2.75, 3.05) is 0 Å². The van der Waals surface area contributed by atoms with E-state index in [2.05, 4.69) is 0 Å². The number of rotatable bonds is 1. The van der Waals surface area contributed by atoms with E-state index in [9.17, 15) is 9.59 Å². The van der Waals surface area contributed by atoms with E-state index in [1.54, 1.807) is 24.3 Å². The number of amides is 2. The van der Waals surface area contributed by atoms with Crippen LogP contribution in [0, 0.1) is 0 Å². The molecule has 2 aliphatic rings. The first-order valence-electron chi connectivity index (χ1n) is 6.41. The lowest BCUT2D eigenvalue weighted by Crippen LogP contribution is -2.45. The highest BCUT2D eigenvalue weighted by Gasteiger charge is 2.40. The molecule has 1 fully saturated rings. The average molecular weight is 244 g/mol. The zero-order valence-electron chi connectivity index (χ0n) is 10.1. The Morgan fingerprint density at radius 3 is 2.22 bits per heavy atom. The third-order valence-electron chi connectivity index (χ3n) is 3.88. The third kappa shape index (κ3) is 1.64. The van der Waals surface area contributed by atoms with Gasteiger partial charge in [-0.3, -0.25) is 14.5 Å². The first kappa shape index (κ1) is 11.4. The van der Waals surface area contributed by atoms with Gasteiger partial charge in [0.15, 0.2) is 0 Å². The summed E-state index contributed by atoms with van der Waals surface area (Å²) in [5.74, 6) is -0.315. The van der Waals surface area contributed by atoms with Crippen LogP contribution >= 0.6 is 0 Å². The van der Waals surface area contributed by atoms with Gasteiger partial charge in [0, 0.05) is 12.1 Å². The van der Waals surface area contributed by atoms with Gasteiger partial charge >= 0.3 is 0 Å². The van der Waals surface area contributed by atoms with E-state index in [4.69, 9.17) is 5.73 Å². The van der Waals surface area contributed by atoms with Gasteiger partial charge in [-0.1, -0.05) is 12.1 Å². The molecule has 2 amide bonds. The monoisotopic (exact) mass is 244 g/mol. The quantitative estimate of drug-likeness (QED) is 0.762. The van der Waals surface area contributed by atoms with Gasteiger partial charge in [-0.25, -0.2) is 0 Å². The van der Waals surface area contributed by atoms with Gasteiger partial charge in [0.25, 0.3) is 11.8 Å². The minimum Gasteiger partial charge on any atom is -0.328 e. The predicted octanol–water partition coefficient (Wildman–Crippen LogP) is 1.55. The zero-order chi connectivity index (χ0) is 12.7. The Kier molecular flexibility index (Phi) is 2.67. The molecule has 94 valence electrons. The van der Waals surface area contributed by atoms with Gasteiger partial charge < -0.3 is 5.73 Å². The minimum absolute atomic E-state index is 0.0267. The fraction of sp³-hybridized carbons (Fsp3) is 0.429. The largest absolute Gasteiger partial charge is 0.328 e. The second kappa shape index (κ2) is 4.21. The molecule has 3 rings (SSSR count). The maximum absolute atomic E-state index is 12.3. The predicted molar refractivity (Wildman–Crippen MR) is 67.2 cm³/mol. The van der Waals surface area contributed by atoms with Crippen LogP contribution in [0.1, 0.15) is 46.4 Å². The maximum atomic E-state index is 12.3. The molecule has 0 radical (unpaired) electrons. The molecule has 0 aromatic heterocycles. The Morgan fingerprint density at radius 1 is 1.06 bits per heavy atom. The summed E-state index contributed by atoms with van der Waals surface area (Å²) >= 11 is 0. The Morgan fingerprint density at radius 2 is 1.67 bits per heavy atom. The summed E-state index contributed by atoms with van der Waals surface area (Å²) in [5, 5.41) is 0. The van der Waals surface area contributed by atoms with Gasteiger partial charge in [-0.2, -0.15) is 0 Å². The zero-order valence-corrected chi connectivity index (χ0v) is 10.1. The van der Waals surface area contributed by atoms with Gasteiger partial charge in [0.05, 0.1) is 11.1 Å². The maximum Gasteiger partial charge on any atom is 0.261 e. The number of carbonyl (C=O) groups excluding carboxylic acids is 2. The van der Waals surface area contributed by atoms with Crippen molar-refractivity contribution in [3.63, 3.8) is 0 Å². The molecule has 1 aliphatic heterocycles. The molecule has 4 heteroatoms. The first-order valence-corrected chi connectivity index (χ1v) is 6.41. The Labute approximate surface area is 106 Å². The number of hydrogen-bond donors (Lipinski definition) is 1. The number of nitrogens with two attached hydrogens (primary N) is 1. The second-order valence-corrected chi connectivity index (χ2v) is 5.11. The standard InChI is InChI=1S/C14H16N2O2/c15-9-4-3-5-10(8-9)16-13(17)11-6-1-2-7-12(11)14(16)18/h1-2,6-7,9-10H,3-5,8,15H2/t9-,10-/m0/s1. The summed E-state index contributed by atoms with van der Waals surface area (Å²) in [5.41, 5.74) is 7.00. The molecule has 1 heterocycles. The van der Waals surface area contributed by atoms with E-state index in [1.807, 2.05) is 0 Å². The molecule has 1 aromatic rings. The molecule has 0 unspecified atom stereocenters. The normalized spacial score (nSPS) is 27.5. The van der Waals surface area contributed by atoms with E-state index in [0.29, 0.717) is 11.1 Å². The van der Waals surface area contributed by atoms with Crippen molar-refractivity contribution in [3.8, 4) is 0 Å². The summed E-state index contributed by atoms with van der Waals surface area (Å²) in [6.45, 7) is 0. The number of imide groups is 1. The second-order valence-electron chi connectivity index (χ2n) is 5.11. The van der Waals surface area contributed by atoms with Crippen LogP contribution in [0.15, 0.2) is 24.3 Å².